The van der Waals surface area contributed by atoms with E-state index in [2.05, 4.69) is 36.4 Å². The van der Waals surface area contributed by atoms with Gasteiger partial charge in [-0.15, -0.1) is 0 Å². The van der Waals surface area contributed by atoms with E-state index in [0.29, 0.717) is 0 Å². The number of rotatable bonds is 4. The van der Waals surface area contributed by atoms with Gasteiger partial charge >= 0.3 is 0 Å². The van der Waals surface area contributed by atoms with Crippen LogP contribution in [-0.2, 0) is 0 Å². The first-order valence-electron chi connectivity index (χ1n) is 12.0. The average molecular weight is 375 g/mol. The molecule has 0 saturated heterocycles. The first-order chi connectivity index (χ1) is 13.9. The molecule has 4 atom stereocenters. The quantitative estimate of drug-likeness (QED) is 0.544. The standard InChI is InChI=1S/C27H34O/c1-2-6-18(7-3-1)17-28-27-13-12-22(23-8-4-5-9-24(23)27)21-15-25-19-10-11-20(14-19)26(25)16-21/h4-5,8-9,12-13,18-21,25-26H,1-3,6-7,10-11,14-17H2. The van der Waals surface area contributed by atoms with Crippen molar-refractivity contribution < 1.29 is 4.74 Å². The van der Waals surface area contributed by atoms with Crippen LogP contribution in [0.5, 0.6) is 5.75 Å². The van der Waals surface area contributed by atoms with Gasteiger partial charge in [0.05, 0.1) is 6.61 Å². The molecule has 148 valence electrons. The third-order valence-electron chi connectivity index (χ3n) is 8.94. The van der Waals surface area contributed by atoms with Gasteiger partial charge in [0.2, 0.25) is 0 Å². The maximum atomic E-state index is 6.40. The number of hydrogen-bond donors (Lipinski definition) is 0. The summed E-state index contributed by atoms with van der Waals surface area (Å²) in [5, 5.41) is 2.80. The minimum absolute atomic E-state index is 0.761. The fraction of sp³-hybridized carbons (Fsp3) is 0.630. The smallest absolute Gasteiger partial charge is 0.127 e. The molecule has 2 aromatic carbocycles. The van der Waals surface area contributed by atoms with Gasteiger partial charge in [-0.05, 0) is 97.5 Å². The topological polar surface area (TPSA) is 9.23 Å². The van der Waals surface area contributed by atoms with Crippen molar-refractivity contribution in [3.8, 4) is 5.75 Å². The molecule has 28 heavy (non-hydrogen) atoms. The maximum Gasteiger partial charge on any atom is 0.127 e. The van der Waals surface area contributed by atoms with Crippen molar-refractivity contribution >= 4 is 10.8 Å². The highest BCUT2D eigenvalue weighted by atomic mass is 16.5. The van der Waals surface area contributed by atoms with Crippen molar-refractivity contribution in [2.45, 2.75) is 70.1 Å². The van der Waals surface area contributed by atoms with E-state index in [9.17, 15) is 0 Å². The zero-order valence-electron chi connectivity index (χ0n) is 17.1. The van der Waals surface area contributed by atoms with Crippen LogP contribution in [0.2, 0.25) is 0 Å². The van der Waals surface area contributed by atoms with E-state index >= 15 is 0 Å². The molecule has 2 bridgehead atoms. The minimum atomic E-state index is 0.761. The molecule has 0 aliphatic heterocycles. The predicted octanol–water partition coefficient (Wildman–Crippen LogP) is 7.34. The molecule has 0 spiro atoms. The zero-order valence-corrected chi connectivity index (χ0v) is 17.1. The SMILES string of the molecule is c1ccc2c(C3CC4C5CCC(C5)C4C3)ccc(OCC3CCCCC3)c2c1. The maximum absolute atomic E-state index is 6.40. The number of ether oxygens (including phenoxy) is 1. The van der Waals surface area contributed by atoms with Gasteiger partial charge in [-0.1, -0.05) is 49.6 Å². The molecule has 1 heteroatoms. The van der Waals surface area contributed by atoms with E-state index in [-0.39, 0.29) is 0 Å². The first-order valence-corrected chi connectivity index (χ1v) is 12.0. The van der Waals surface area contributed by atoms with Crippen LogP contribution in [0.1, 0.15) is 75.7 Å². The molecular weight excluding hydrogens is 340 g/mol. The van der Waals surface area contributed by atoms with E-state index in [1.54, 1.807) is 12.0 Å². The lowest BCUT2D eigenvalue weighted by atomic mass is 9.82. The van der Waals surface area contributed by atoms with Gasteiger partial charge in [-0.2, -0.15) is 0 Å². The van der Waals surface area contributed by atoms with E-state index in [1.807, 2.05) is 0 Å². The van der Waals surface area contributed by atoms with Crippen LogP contribution in [0.4, 0.5) is 0 Å². The predicted molar refractivity (Wildman–Crippen MR) is 116 cm³/mol. The van der Waals surface area contributed by atoms with E-state index in [1.165, 1.54) is 68.6 Å². The highest BCUT2D eigenvalue weighted by Crippen LogP contribution is 2.62. The molecule has 4 unspecified atom stereocenters. The van der Waals surface area contributed by atoms with Crippen molar-refractivity contribution in [1.29, 1.82) is 0 Å². The highest BCUT2D eigenvalue weighted by Gasteiger charge is 2.52. The lowest BCUT2D eigenvalue weighted by Crippen LogP contribution is -2.15. The lowest BCUT2D eigenvalue weighted by molar-refractivity contribution is 0.210. The molecule has 0 amide bonds. The van der Waals surface area contributed by atoms with Crippen LogP contribution in [0.3, 0.4) is 0 Å². The van der Waals surface area contributed by atoms with Gasteiger partial charge in [-0.25, -0.2) is 0 Å². The van der Waals surface area contributed by atoms with Gasteiger partial charge in [0.25, 0.3) is 0 Å². The summed E-state index contributed by atoms with van der Waals surface area (Å²) in [6.45, 7) is 0.903. The average Bonchev–Trinajstić information content (AvgIpc) is 3.46. The van der Waals surface area contributed by atoms with E-state index in [0.717, 1.165) is 47.9 Å². The number of fused-ring (bicyclic) bond motifs is 6. The second-order valence-electron chi connectivity index (χ2n) is 10.3. The van der Waals surface area contributed by atoms with Crippen LogP contribution >= 0.6 is 0 Å². The Kier molecular flexibility index (Phi) is 4.39. The Hall–Kier alpha value is -1.50. The molecule has 6 rings (SSSR count). The fourth-order valence-corrected chi connectivity index (χ4v) is 7.61. The largest absolute Gasteiger partial charge is 0.493 e. The van der Waals surface area contributed by atoms with Gasteiger partial charge in [0, 0.05) is 5.39 Å². The van der Waals surface area contributed by atoms with Crippen LogP contribution in [-0.4, -0.2) is 6.61 Å². The van der Waals surface area contributed by atoms with Crippen molar-refractivity contribution in [2.24, 2.45) is 29.6 Å². The summed E-state index contributed by atoms with van der Waals surface area (Å²) in [7, 11) is 0. The van der Waals surface area contributed by atoms with Crippen molar-refractivity contribution in [3.63, 3.8) is 0 Å². The molecule has 4 aliphatic rings. The first kappa shape index (κ1) is 17.4. The summed E-state index contributed by atoms with van der Waals surface area (Å²) in [4.78, 5) is 0. The monoisotopic (exact) mass is 374 g/mol. The van der Waals surface area contributed by atoms with Crippen LogP contribution in [0, 0.1) is 29.6 Å². The molecule has 0 radical (unpaired) electrons. The Bertz CT molecular complexity index is 830. The third-order valence-corrected chi connectivity index (χ3v) is 8.94. The number of benzene rings is 2. The van der Waals surface area contributed by atoms with Crippen molar-refractivity contribution in [1.82, 2.24) is 0 Å². The van der Waals surface area contributed by atoms with Crippen molar-refractivity contribution in [3.05, 3.63) is 42.0 Å². The highest BCUT2D eigenvalue weighted by molar-refractivity contribution is 5.91. The van der Waals surface area contributed by atoms with Gasteiger partial charge in [-0.3, -0.25) is 0 Å². The summed E-state index contributed by atoms with van der Waals surface area (Å²) < 4.78 is 6.40. The Labute approximate surface area is 169 Å². The lowest BCUT2D eigenvalue weighted by Gasteiger charge is -2.23. The molecule has 4 saturated carbocycles. The molecular formula is C27H34O. The molecule has 0 N–H and O–H groups in total. The normalized spacial score (nSPS) is 34.8. The number of hydrogen-bond acceptors (Lipinski definition) is 1. The molecule has 4 aliphatic carbocycles. The molecule has 2 aromatic rings. The second-order valence-corrected chi connectivity index (χ2v) is 10.3. The Morgan fingerprint density at radius 1 is 0.714 bits per heavy atom. The van der Waals surface area contributed by atoms with Gasteiger partial charge in [0.1, 0.15) is 5.75 Å². The Balaban J connectivity index is 1.26. The third kappa shape index (κ3) is 2.88. The van der Waals surface area contributed by atoms with Crippen LogP contribution < -0.4 is 4.74 Å². The fourth-order valence-electron chi connectivity index (χ4n) is 7.61. The van der Waals surface area contributed by atoms with Gasteiger partial charge in [0.15, 0.2) is 0 Å². The van der Waals surface area contributed by atoms with E-state index < -0.39 is 0 Å². The Morgan fingerprint density at radius 2 is 1.43 bits per heavy atom. The summed E-state index contributed by atoms with van der Waals surface area (Å²) in [6, 6.07) is 13.8. The summed E-state index contributed by atoms with van der Waals surface area (Å²) in [6.07, 6.45) is 14.4. The summed E-state index contributed by atoms with van der Waals surface area (Å²) in [5.41, 5.74) is 1.61. The van der Waals surface area contributed by atoms with Crippen LogP contribution in [0.25, 0.3) is 10.8 Å². The summed E-state index contributed by atoms with van der Waals surface area (Å²) >= 11 is 0. The zero-order chi connectivity index (χ0) is 18.5. The second kappa shape index (κ2) is 7.08. The molecule has 1 nitrogen and oxygen atoms in total. The molecule has 4 fully saturated rings. The van der Waals surface area contributed by atoms with E-state index in [4.69, 9.17) is 4.74 Å². The summed E-state index contributed by atoms with van der Waals surface area (Å²) in [5.74, 6) is 6.83. The van der Waals surface area contributed by atoms with Gasteiger partial charge < -0.3 is 4.74 Å². The molecule has 0 heterocycles. The Morgan fingerprint density at radius 3 is 2.18 bits per heavy atom. The van der Waals surface area contributed by atoms with Crippen molar-refractivity contribution in [2.75, 3.05) is 6.61 Å². The van der Waals surface area contributed by atoms with Crippen LogP contribution in [0.15, 0.2) is 36.4 Å². The minimum Gasteiger partial charge on any atom is -0.493 e. The molecule has 0 aromatic heterocycles.